The minimum atomic E-state index is -2.00. The van der Waals surface area contributed by atoms with Gasteiger partial charge in [0.2, 0.25) is 11.6 Å². The molecule has 0 saturated carbocycles. The Balaban J connectivity index is 2.22. The van der Waals surface area contributed by atoms with Crippen LogP contribution in [0.3, 0.4) is 0 Å². The van der Waals surface area contributed by atoms with Crippen LogP contribution in [-0.2, 0) is 62.4 Å². The van der Waals surface area contributed by atoms with Gasteiger partial charge in [-0.3, -0.25) is 0 Å². The van der Waals surface area contributed by atoms with Gasteiger partial charge < -0.3 is 47.4 Å². The predicted octanol–water partition coefficient (Wildman–Crippen LogP) is 8.75. The molecule has 63 heavy (non-hydrogen) atoms. The van der Waals surface area contributed by atoms with E-state index in [1.54, 1.807) is 26.0 Å². The lowest BCUT2D eigenvalue weighted by atomic mass is 9.46. The molecule has 12 heteroatoms. The smallest absolute Gasteiger partial charge is 0.333 e. The number of fused-ring (bicyclic) bond motifs is 3. The highest BCUT2D eigenvalue weighted by Crippen LogP contribution is 2.72. The molecule has 0 saturated heterocycles. The summed E-state index contributed by atoms with van der Waals surface area (Å²) in [7, 11) is 0. The van der Waals surface area contributed by atoms with E-state index in [4.69, 9.17) is 47.4 Å². The summed E-state index contributed by atoms with van der Waals surface area (Å²) in [6, 6.07) is 16.2. The summed E-state index contributed by atoms with van der Waals surface area (Å²) in [4.78, 5) is 27.2. The van der Waals surface area contributed by atoms with Gasteiger partial charge in [0.15, 0.2) is 34.6 Å². The number of carbonyl (C=O) groups is 2. The van der Waals surface area contributed by atoms with E-state index in [0.717, 1.165) is 22.3 Å². The van der Waals surface area contributed by atoms with Crippen molar-refractivity contribution >= 4 is 11.9 Å². The van der Waals surface area contributed by atoms with Crippen molar-refractivity contribution in [1.82, 2.24) is 0 Å². The number of rotatable bonds is 22. The Morgan fingerprint density at radius 1 is 0.492 bits per heavy atom. The lowest BCUT2D eigenvalue weighted by Crippen LogP contribution is -2.89. The van der Waals surface area contributed by atoms with Crippen LogP contribution >= 0.6 is 0 Å². The summed E-state index contributed by atoms with van der Waals surface area (Å²) in [6.07, 6.45) is 5.18. The van der Waals surface area contributed by atoms with Gasteiger partial charge in [0, 0.05) is 64.0 Å². The molecule has 12 nitrogen and oxygen atoms in total. The minimum absolute atomic E-state index is 0.0982. The number of esters is 2. The second kappa shape index (κ2) is 19.6. The second-order valence-corrected chi connectivity index (χ2v) is 16.2. The van der Waals surface area contributed by atoms with Crippen LogP contribution < -0.4 is 0 Å². The maximum Gasteiger partial charge on any atom is 0.333 e. The summed E-state index contributed by atoms with van der Waals surface area (Å²) >= 11 is 0. The highest BCUT2D eigenvalue weighted by atomic mass is 16.8. The maximum atomic E-state index is 13.6. The first-order chi connectivity index (χ1) is 30.1. The fourth-order valence-corrected chi connectivity index (χ4v) is 10.7. The van der Waals surface area contributed by atoms with Gasteiger partial charge in [0.05, 0.1) is 5.41 Å². The Labute approximate surface area is 374 Å². The molecule has 0 amide bonds. The molecule has 0 aromatic heterocycles. The Morgan fingerprint density at radius 2 is 0.794 bits per heavy atom. The van der Waals surface area contributed by atoms with Gasteiger partial charge in [-0.25, -0.2) is 9.59 Å². The summed E-state index contributed by atoms with van der Waals surface area (Å²) in [6.45, 7) is 30.6. The number of hydrogen-bond donors (Lipinski definition) is 0. The zero-order chi connectivity index (χ0) is 46.5. The molecule has 3 aliphatic rings. The molecule has 2 aromatic rings. The van der Waals surface area contributed by atoms with Crippen molar-refractivity contribution in [3.63, 3.8) is 0 Å². The molecule has 0 fully saturated rings. The first-order valence-corrected chi connectivity index (χ1v) is 22.5. The fourth-order valence-electron chi connectivity index (χ4n) is 10.7. The van der Waals surface area contributed by atoms with Crippen molar-refractivity contribution in [2.24, 2.45) is 0 Å². The summed E-state index contributed by atoms with van der Waals surface area (Å²) in [5, 5.41) is 0. The Kier molecular flexibility index (Phi) is 15.6. The zero-order valence-electron chi connectivity index (χ0n) is 39.6. The summed E-state index contributed by atoms with van der Waals surface area (Å²) in [5.41, 5.74) is -5.08. The first-order valence-electron chi connectivity index (χ1n) is 22.5. The maximum absolute atomic E-state index is 13.6. The van der Waals surface area contributed by atoms with Gasteiger partial charge in [-0.05, 0) is 130 Å². The van der Waals surface area contributed by atoms with E-state index in [2.05, 4.69) is 37.4 Å². The minimum Gasteiger partial charge on any atom is -0.451 e. The van der Waals surface area contributed by atoms with E-state index < -0.39 is 63.5 Å². The molecule has 0 heterocycles. The Morgan fingerprint density at radius 3 is 1.08 bits per heavy atom. The highest BCUT2D eigenvalue weighted by molar-refractivity contribution is 5.88. The van der Waals surface area contributed by atoms with Gasteiger partial charge in [-0.2, -0.15) is 0 Å². The van der Waals surface area contributed by atoms with Crippen LogP contribution in [0.2, 0.25) is 0 Å². The quantitative estimate of drug-likeness (QED) is 0.0486. The lowest BCUT2D eigenvalue weighted by Gasteiger charge is -2.71. The summed E-state index contributed by atoms with van der Waals surface area (Å²) in [5.74, 6) is -5.24. The van der Waals surface area contributed by atoms with Gasteiger partial charge in [0.1, 0.15) is 0 Å². The summed E-state index contributed by atoms with van der Waals surface area (Å²) < 4.78 is 70.9. The first kappa shape index (κ1) is 50.0. The SMILES string of the molecule is C=C(C)C(=O)OC1C=CC(OCC)(C2(C3(OCC)C=CC(OC(=O)C(=C)C)C(C)(OCC)C3(OCC)OCC)c3ccccc3-c3ccccc32)C(OCC)(OCC)C1(C)OCC. The number of ether oxygens (including phenoxy) is 10. The van der Waals surface area contributed by atoms with Crippen LogP contribution in [-0.4, -0.2) is 111 Å². The van der Waals surface area contributed by atoms with E-state index in [1.807, 2.05) is 106 Å². The van der Waals surface area contributed by atoms with E-state index in [1.165, 1.54) is 0 Å². The molecule has 0 aliphatic heterocycles. The molecule has 0 bridgehead atoms. The molecular formula is C51H70O12. The van der Waals surface area contributed by atoms with Crippen LogP contribution in [0.5, 0.6) is 0 Å². The molecule has 6 unspecified atom stereocenters. The molecule has 6 atom stereocenters. The van der Waals surface area contributed by atoms with Crippen molar-refractivity contribution in [1.29, 1.82) is 0 Å². The molecule has 2 aromatic carbocycles. The normalized spacial score (nSPS) is 28.5. The van der Waals surface area contributed by atoms with E-state index in [9.17, 15) is 9.59 Å². The molecule has 5 rings (SSSR count). The predicted molar refractivity (Wildman–Crippen MR) is 241 cm³/mol. The van der Waals surface area contributed by atoms with Crippen molar-refractivity contribution in [2.75, 3.05) is 52.9 Å². The molecule has 0 spiro atoms. The highest BCUT2D eigenvalue weighted by Gasteiger charge is 2.87. The topological polar surface area (TPSA) is 126 Å². The second-order valence-electron chi connectivity index (χ2n) is 16.2. The number of carbonyl (C=O) groups excluding carboxylic acids is 2. The zero-order valence-corrected chi connectivity index (χ0v) is 39.6. The molecular weight excluding hydrogens is 805 g/mol. The molecule has 0 N–H and O–H groups in total. The lowest BCUT2D eigenvalue weighted by molar-refractivity contribution is -0.442. The van der Waals surface area contributed by atoms with Gasteiger partial charge in [-0.15, -0.1) is 0 Å². The van der Waals surface area contributed by atoms with Crippen LogP contribution in [0.25, 0.3) is 11.1 Å². The van der Waals surface area contributed by atoms with E-state index >= 15 is 0 Å². The molecule has 3 aliphatic carbocycles. The Bertz CT molecular complexity index is 1880. The third-order valence-electron chi connectivity index (χ3n) is 12.6. The van der Waals surface area contributed by atoms with Crippen LogP contribution in [0.4, 0.5) is 0 Å². The van der Waals surface area contributed by atoms with E-state index in [-0.39, 0.29) is 64.0 Å². The molecule has 346 valence electrons. The van der Waals surface area contributed by atoms with Crippen LogP contribution in [0, 0.1) is 0 Å². The monoisotopic (exact) mass is 874 g/mol. The van der Waals surface area contributed by atoms with Crippen molar-refractivity contribution in [2.45, 2.75) is 135 Å². The number of hydrogen-bond acceptors (Lipinski definition) is 12. The van der Waals surface area contributed by atoms with Crippen molar-refractivity contribution in [3.05, 3.63) is 108 Å². The van der Waals surface area contributed by atoms with E-state index in [0.29, 0.717) is 0 Å². The number of benzene rings is 2. The van der Waals surface area contributed by atoms with Crippen molar-refractivity contribution < 1.29 is 57.0 Å². The third kappa shape index (κ3) is 7.11. The largest absolute Gasteiger partial charge is 0.451 e. The average molecular weight is 875 g/mol. The van der Waals surface area contributed by atoms with Crippen molar-refractivity contribution in [3.8, 4) is 11.1 Å². The Hall–Kier alpha value is -3.98. The molecule has 0 radical (unpaired) electrons. The van der Waals surface area contributed by atoms with Gasteiger partial charge >= 0.3 is 11.9 Å². The average Bonchev–Trinajstić information content (AvgIpc) is 3.56. The van der Waals surface area contributed by atoms with Crippen LogP contribution in [0.1, 0.15) is 94.2 Å². The van der Waals surface area contributed by atoms with Gasteiger partial charge in [0.25, 0.3) is 0 Å². The fraction of sp³-hybridized carbons (Fsp3) is 0.569. The third-order valence-corrected chi connectivity index (χ3v) is 12.6. The van der Waals surface area contributed by atoms with Crippen LogP contribution in [0.15, 0.2) is 97.1 Å². The van der Waals surface area contributed by atoms with Gasteiger partial charge in [-0.1, -0.05) is 61.7 Å². The standard InChI is InChI=1S/C51H70O12/c1-15-54-45(13)41(62-43(52)35(9)10)31-33-47(56-17-3,50(45,58-19-5)59-20-6)49(39-29-25-23-27-37(39)38-28-24-26-30-40(38)49)48(57-18-4)34-32-42(63-44(53)36(11)12)46(14,55-16-2)51(48,60-21-7)61-22-8/h23-34,41-42H,9,11,15-22H2,1-8,10,12-14H3.